The number of benzene rings is 1. The molecule has 1 unspecified atom stereocenters. The molecule has 0 saturated carbocycles. The fraction of sp³-hybridized carbons (Fsp3) is 0.500. The molecule has 0 amide bonds. The van der Waals surface area contributed by atoms with E-state index in [1.807, 2.05) is 30.5 Å². The molecule has 0 saturated heterocycles. The lowest BCUT2D eigenvalue weighted by Crippen LogP contribution is -2.42. The van der Waals surface area contributed by atoms with Gasteiger partial charge in [0.05, 0.1) is 6.61 Å². The summed E-state index contributed by atoms with van der Waals surface area (Å²) >= 11 is 1.86. The molecule has 0 aliphatic rings. The van der Waals surface area contributed by atoms with Crippen LogP contribution in [0.3, 0.4) is 0 Å². The summed E-state index contributed by atoms with van der Waals surface area (Å²) in [4.78, 5) is 9.26. The summed E-state index contributed by atoms with van der Waals surface area (Å²) in [6.07, 6.45) is 2.03. The maximum atomic E-state index is 5.79. The topological polar surface area (TPSA) is 48.9 Å². The third-order valence-corrected chi connectivity index (χ3v) is 5.33. The van der Waals surface area contributed by atoms with E-state index in [1.54, 1.807) is 0 Å². The van der Waals surface area contributed by atoms with Crippen molar-refractivity contribution in [3.05, 3.63) is 51.7 Å². The van der Waals surface area contributed by atoms with Crippen molar-refractivity contribution in [1.29, 1.82) is 0 Å². The van der Waals surface area contributed by atoms with Crippen LogP contribution < -0.4 is 15.4 Å². The molecule has 1 aromatic heterocycles. The van der Waals surface area contributed by atoms with Crippen LogP contribution >= 0.6 is 11.3 Å². The van der Waals surface area contributed by atoms with Crippen LogP contribution in [-0.2, 0) is 13.0 Å². The molecule has 0 spiro atoms. The molecular formula is C22H34N4OS. The Balaban J connectivity index is 1.73. The zero-order chi connectivity index (χ0) is 20.4. The Morgan fingerprint density at radius 2 is 1.93 bits per heavy atom. The van der Waals surface area contributed by atoms with E-state index in [4.69, 9.17) is 4.74 Å². The van der Waals surface area contributed by atoms with Crippen LogP contribution in [0.1, 0.15) is 28.7 Å². The zero-order valence-electron chi connectivity index (χ0n) is 17.8. The van der Waals surface area contributed by atoms with Crippen LogP contribution in [-0.4, -0.2) is 51.2 Å². The van der Waals surface area contributed by atoms with Crippen LogP contribution in [0.25, 0.3) is 0 Å². The van der Waals surface area contributed by atoms with Crippen LogP contribution in [0, 0.1) is 6.92 Å². The lowest BCUT2D eigenvalue weighted by atomic mass is 10.2. The first-order chi connectivity index (χ1) is 13.5. The monoisotopic (exact) mass is 402 g/mol. The number of aliphatic imine (C=N–C) groups is 1. The van der Waals surface area contributed by atoms with Crippen molar-refractivity contribution in [2.45, 2.75) is 39.3 Å². The predicted molar refractivity (Wildman–Crippen MR) is 121 cm³/mol. The first kappa shape index (κ1) is 22.2. The molecule has 1 atom stereocenters. The Morgan fingerprint density at radius 1 is 1.18 bits per heavy atom. The van der Waals surface area contributed by atoms with E-state index in [0.29, 0.717) is 6.04 Å². The van der Waals surface area contributed by atoms with E-state index in [9.17, 15) is 0 Å². The maximum absolute atomic E-state index is 5.79. The largest absolute Gasteiger partial charge is 0.494 e. The molecule has 0 bridgehead atoms. The SMILES string of the molecule is CN=C(NCc1ccc(OCCCN(C)C)cc1)NC(C)Cc1ccc(C)s1. The van der Waals surface area contributed by atoms with E-state index in [1.165, 1.54) is 15.3 Å². The Labute approximate surface area is 173 Å². The second-order valence-electron chi connectivity index (χ2n) is 7.34. The highest BCUT2D eigenvalue weighted by Gasteiger charge is 2.08. The van der Waals surface area contributed by atoms with Crippen molar-refractivity contribution in [2.24, 2.45) is 4.99 Å². The highest BCUT2D eigenvalue weighted by molar-refractivity contribution is 7.11. The van der Waals surface area contributed by atoms with Gasteiger partial charge in [-0.1, -0.05) is 12.1 Å². The molecule has 5 nitrogen and oxygen atoms in total. The van der Waals surface area contributed by atoms with E-state index in [2.05, 4.69) is 72.7 Å². The number of hydrogen-bond acceptors (Lipinski definition) is 4. The van der Waals surface area contributed by atoms with Crippen LogP contribution in [0.4, 0.5) is 0 Å². The van der Waals surface area contributed by atoms with Gasteiger partial charge in [-0.25, -0.2) is 0 Å². The van der Waals surface area contributed by atoms with E-state index < -0.39 is 0 Å². The standard InChI is InChI=1S/C22H34N4OS/c1-17(15-21-12-7-18(2)28-21)25-22(23-3)24-16-19-8-10-20(11-9-19)27-14-6-13-26(4)5/h7-12,17H,6,13-16H2,1-5H3,(H2,23,24,25). The third kappa shape index (κ3) is 8.31. The van der Waals surface area contributed by atoms with Crippen LogP contribution in [0.5, 0.6) is 5.75 Å². The zero-order valence-corrected chi connectivity index (χ0v) is 18.6. The normalized spacial score (nSPS) is 12.9. The van der Waals surface area contributed by atoms with Crippen molar-refractivity contribution in [3.8, 4) is 5.75 Å². The van der Waals surface area contributed by atoms with Gasteiger partial charge in [0.2, 0.25) is 0 Å². The highest BCUT2D eigenvalue weighted by Crippen LogP contribution is 2.16. The summed E-state index contributed by atoms with van der Waals surface area (Å²) in [6, 6.07) is 13.0. The first-order valence-corrected chi connectivity index (χ1v) is 10.7. The number of rotatable bonds is 10. The molecule has 1 heterocycles. The Morgan fingerprint density at radius 3 is 2.54 bits per heavy atom. The molecule has 6 heteroatoms. The average molecular weight is 403 g/mol. The minimum atomic E-state index is 0.321. The summed E-state index contributed by atoms with van der Waals surface area (Å²) in [5, 5.41) is 6.85. The highest BCUT2D eigenvalue weighted by atomic mass is 32.1. The van der Waals surface area contributed by atoms with Crippen molar-refractivity contribution in [1.82, 2.24) is 15.5 Å². The van der Waals surface area contributed by atoms with Crippen molar-refractivity contribution < 1.29 is 4.74 Å². The first-order valence-electron chi connectivity index (χ1n) is 9.85. The minimum absolute atomic E-state index is 0.321. The summed E-state index contributed by atoms with van der Waals surface area (Å²) in [6.45, 7) is 6.84. The van der Waals surface area contributed by atoms with Gasteiger partial charge in [0.1, 0.15) is 5.75 Å². The summed E-state index contributed by atoms with van der Waals surface area (Å²) in [5.74, 6) is 1.75. The number of aryl methyl sites for hydroxylation is 1. The van der Waals surface area contributed by atoms with Gasteiger partial charge in [-0.05, 0) is 64.2 Å². The fourth-order valence-electron chi connectivity index (χ4n) is 2.84. The molecule has 0 aliphatic carbocycles. The summed E-state index contributed by atoms with van der Waals surface area (Å²) in [5.41, 5.74) is 1.20. The number of nitrogens with one attached hydrogen (secondary N) is 2. The molecule has 2 N–H and O–H groups in total. The fourth-order valence-corrected chi connectivity index (χ4v) is 3.85. The van der Waals surface area contributed by atoms with E-state index in [-0.39, 0.29) is 0 Å². The van der Waals surface area contributed by atoms with Gasteiger partial charge in [0, 0.05) is 42.4 Å². The van der Waals surface area contributed by atoms with E-state index >= 15 is 0 Å². The molecule has 154 valence electrons. The third-order valence-electron chi connectivity index (χ3n) is 4.31. The summed E-state index contributed by atoms with van der Waals surface area (Å²) < 4.78 is 5.79. The molecule has 2 rings (SSSR count). The molecule has 0 fully saturated rings. The van der Waals surface area contributed by atoms with Gasteiger partial charge in [-0.2, -0.15) is 0 Å². The number of thiophene rings is 1. The van der Waals surface area contributed by atoms with Gasteiger partial charge in [-0.3, -0.25) is 4.99 Å². The lowest BCUT2D eigenvalue weighted by Gasteiger charge is -2.17. The molecule has 1 aromatic carbocycles. The Hall–Kier alpha value is -2.05. The molecule has 0 aliphatic heterocycles. The van der Waals surface area contributed by atoms with Gasteiger partial charge in [0.25, 0.3) is 0 Å². The molecule has 2 aromatic rings. The van der Waals surface area contributed by atoms with Crippen LogP contribution in [0.15, 0.2) is 41.4 Å². The average Bonchev–Trinajstić information content (AvgIpc) is 3.07. The van der Waals surface area contributed by atoms with Gasteiger partial charge < -0.3 is 20.3 Å². The number of nitrogens with zero attached hydrogens (tertiary/aromatic N) is 2. The van der Waals surface area contributed by atoms with Gasteiger partial charge in [0.15, 0.2) is 5.96 Å². The van der Waals surface area contributed by atoms with Crippen LogP contribution in [0.2, 0.25) is 0 Å². The van der Waals surface area contributed by atoms with E-state index in [0.717, 1.165) is 44.2 Å². The second kappa shape index (κ2) is 11.7. The molecule has 28 heavy (non-hydrogen) atoms. The van der Waals surface area contributed by atoms with Crippen molar-refractivity contribution >= 4 is 17.3 Å². The molecular weight excluding hydrogens is 368 g/mol. The van der Waals surface area contributed by atoms with Gasteiger partial charge >= 0.3 is 0 Å². The number of hydrogen-bond donors (Lipinski definition) is 2. The van der Waals surface area contributed by atoms with Crippen molar-refractivity contribution in [3.63, 3.8) is 0 Å². The number of guanidine groups is 1. The Bertz CT molecular complexity index is 724. The molecule has 0 radical (unpaired) electrons. The Kier molecular flexibility index (Phi) is 9.31. The maximum Gasteiger partial charge on any atom is 0.191 e. The second-order valence-corrected chi connectivity index (χ2v) is 8.71. The van der Waals surface area contributed by atoms with Crippen molar-refractivity contribution in [2.75, 3.05) is 34.3 Å². The van der Waals surface area contributed by atoms with Gasteiger partial charge in [-0.15, -0.1) is 11.3 Å². The quantitative estimate of drug-likeness (QED) is 0.362. The predicted octanol–water partition coefficient (Wildman–Crippen LogP) is 3.68. The minimum Gasteiger partial charge on any atom is -0.494 e. The number of ether oxygens (including phenoxy) is 1. The smallest absolute Gasteiger partial charge is 0.191 e. The summed E-state index contributed by atoms with van der Waals surface area (Å²) in [7, 11) is 5.96. The lowest BCUT2D eigenvalue weighted by molar-refractivity contribution is 0.281.